The first-order valence-electron chi connectivity index (χ1n) is 16.8. The molecular formula is C40H50O12. The van der Waals surface area contributed by atoms with E-state index in [9.17, 15) is 19.2 Å². The summed E-state index contributed by atoms with van der Waals surface area (Å²) in [7, 11) is 0. The van der Waals surface area contributed by atoms with Crippen molar-refractivity contribution < 1.29 is 57.1 Å². The van der Waals surface area contributed by atoms with Crippen molar-refractivity contribution in [2.75, 3.05) is 0 Å². The summed E-state index contributed by atoms with van der Waals surface area (Å²) in [6, 6.07) is 16.7. The molecule has 3 aromatic rings. The van der Waals surface area contributed by atoms with Crippen molar-refractivity contribution in [2.45, 2.75) is 118 Å². The Labute approximate surface area is 305 Å². The van der Waals surface area contributed by atoms with Crippen LogP contribution >= 0.6 is 0 Å². The van der Waals surface area contributed by atoms with Crippen molar-refractivity contribution in [3.8, 4) is 23.0 Å². The summed E-state index contributed by atoms with van der Waals surface area (Å²) in [4.78, 5) is 50.1. The van der Waals surface area contributed by atoms with Gasteiger partial charge in [0.1, 0.15) is 45.4 Å². The lowest BCUT2D eigenvalue weighted by molar-refractivity contribution is 0.0183. The van der Waals surface area contributed by atoms with Crippen LogP contribution in [0.4, 0.5) is 19.2 Å². The van der Waals surface area contributed by atoms with Gasteiger partial charge in [-0.1, -0.05) is 24.3 Å². The predicted molar refractivity (Wildman–Crippen MR) is 192 cm³/mol. The molecule has 12 nitrogen and oxygen atoms in total. The summed E-state index contributed by atoms with van der Waals surface area (Å²) in [5, 5.41) is 0. The number of rotatable bonds is 8. The smallest absolute Gasteiger partial charge is 0.428 e. The van der Waals surface area contributed by atoms with Gasteiger partial charge in [-0.25, -0.2) is 19.2 Å². The molecule has 0 radical (unpaired) electrons. The maximum Gasteiger partial charge on any atom is 0.514 e. The van der Waals surface area contributed by atoms with Gasteiger partial charge < -0.3 is 37.9 Å². The highest BCUT2D eigenvalue weighted by Gasteiger charge is 2.25. The van der Waals surface area contributed by atoms with Crippen LogP contribution in [0, 0.1) is 0 Å². The monoisotopic (exact) mass is 722 g/mol. The molecule has 0 amide bonds. The van der Waals surface area contributed by atoms with Gasteiger partial charge in [0, 0.05) is 18.9 Å². The third-order valence-corrected chi connectivity index (χ3v) is 6.23. The molecule has 0 atom stereocenters. The predicted octanol–water partition coefficient (Wildman–Crippen LogP) is 10.1. The number of carbonyl (C=O) groups is 4. The van der Waals surface area contributed by atoms with Crippen LogP contribution in [0.25, 0.3) is 0 Å². The second kappa shape index (κ2) is 16.4. The number of ether oxygens (including phenoxy) is 8. The Bertz CT molecular complexity index is 1590. The summed E-state index contributed by atoms with van der Waals surface area (Å²) in [5.41, 5.74) is -0.427. The van der Waals surface area contributed by atoms with Crippen LogP contribution in [-0.2, 0) is 31.8 Å². The molecule has 12 heteroatoms. The van der Waals surface area contributed by atoms with Crippen molar-refractivity contribution >= 4 is 24.6 Å². The van der Waals surface area contributed by atoms with Gasteiger partial charge in [0.05, 0.1) is 0 Å². The van der Waals surface area contributed by atoms with Gasteiger partial charge in [-0.3, -0.25) is 0 Å². The fourth-order valence-corrected chi connectivity index (χ4v) is 4.37. The van der Waals surface area contributed by atoms with E-state index in [0.717, 1.165) is 11.1 Å². The number of benzene rings is 3. The van der Waals surface area contributed by atoms with E-state index in [0.29, 0.717) is 11.1 Å². The first-order chi connectivity index (χ1) is 23.8. The van der Waals surface area contributed by atoms with E-state index in [1.165, 1.54) is 6.07 Å². The summed E-state index contributed by atoms with van der Waals surface area (Å²) in [6.45, 7) is 20.7. The van der Waals surface area contributed by atoms with Crippen LogP contribution < -0.4 is 18.9 Å². The molecule has 0 aliphatic rings. The van der Waals surface area contributed by atoms with E-state index in [1.807, 2.05) is 0 Å². The van der Waals surface area contributed by atoms with Gasteiger partial charge in [0.15, 0.2) is 0 Å². The highest BCUT2D eigenvalue weighted by molar-refractivity contribution is 5.69. The molecule has 0 saturated heterocycles. The Kier molecular flexibility index (Phi) is 13.0. The van der Waals surface area contributed by atoms with Gasteiger partial charge in [0.2, 0.25) is 0 Å². The molecule has 0 fully saturated rings. The van der Waals surface area contributed by atoms with Crippen LogP contribution in [0.2, 0.25) is 0 Å². The van der Waals surface area contributed by atoms with E-state index in [1.54, 1.807) is 138 Å². The first kappa shape index (κ1) is 41.2. The van der Waals surface area contributed by atoms with Crippen LogP contribution in [0.15, 0.2) is 60.7 Å². The van der Waals surface area contributed by atoms with Crippen molar-refractivity contribution in [1.29, 1.82) is 0 Å². The molecule has 0 saturated carbocycles. The molecule has 0 spiro atoms. The van der Waals surface area contributed by atoms with E-state index < -0.39 is 47.0 Å². The molecule has 0 aliphatic heterocycles. The Morgan fingerprint density at radius 2 is 0.673 bits per heavy atom. The van der Waals surface area contributed by atoms with E-state index in [4.69, 9.17) is 37.9 Å². The standard InChI is InChI=1S/C40H50O12/c1-37(2,3)49-33(41)45-29-17-13-25(14-18-29)21-27-23-28(22-26-15-19-30(20-16-26)46-34(42)50-38(4,5)6)32(48-36(44)52-40(10,11)12)24-31(27)47-35(43)51-39(7,8)9/h13-20,23-24H,21-22H2,1-12H3. The zero-order chi connectivity index (χ0) is 39.1. The number of carbonyl (C=O) groups excluding carboxylic acids is 4. The lowest BCUT2D eigenvalue weighted by atomic mass is 9.97. The first-order valence-corrected chi connectivity index (χ1v) is 16.8. The Hall–Kier alpha value is -5.26. The van der Waals surface area contributed by atoms with Crippen LogP contribution in [0.3, 0.4) is 0 Å². The molecule has 0 N–H and O–H groups in total. The fraction of sp³-hybridized carbons (Fsp3) is 0.450. The lowest BCUT2D eigenvalue weighted by Crippen LogP contribution is -2.27. The second-order valence-electron chi connectivity index (χ2n) is 16.0. The van der Waals surface area contributed by atoms with E-state index in [2.05, 4.69) is 0 Å². The Morgan fingerprint density at radius 3 is 0.942 bits per heavy atom. The molecule has 52 heavy (non-hydrogen) atoms. The Morgan fingerprint density at radius 1 is 0.404 bits per heavy atom. The topological polar surface area (TPSA) is 142 Å². The summed E-state index contributed by atoms with van der Waals surface area (Å²) in [6.07, 6.45) is -3.05. The highest BCUT2D eigenvalue weighted by atomic mass is 16.8. The summed E-state index contributed by atoms with van der Waals surface area (Å²) < 4.78 is 43.3. The van der Waals surface area contributed by atoms with Crippen molar-refractivity contribution in [3.63, 3.8) is 0 Å². The van der Waals surface area contributed by atoms with E-state index >= 15 is 0 Å². The van der Waals surface area contributed by atoms with Gasteiger partial charge in [0.25, 0.3) is 0 Å². The molecule has 282 valence electrons. The third-order valence-electron chi connectivity index (χ3n) is 6.23. The minimum atomic E-state index is -0.952. The third kappa shape index (κ3) is 15.3. The zero-order valence-electron chi connectivity index (χ0n) is 32.1. The van der Waals surface area contributed by atoms with E-state index in [-0.39, 0.29) is 35.8 Å². The molecule has 0 aliphatic carbocycles. The zero-order valence-corrected chi connectivity index (χ0v) is 32.1. The van der Waals surface area contributed by atoms with Gasteiger partial charge in [-0.2, -0.15) is 0 Å². The van der Waals surface area contributed by atoms with Crippen LogP contribution in [-0.4, -0.2) is 47.0 Å². The Balaban J connectivity index is 2.01. The lowest BCUT2D eigenvalue weighted by Gasteiger charge is -2.22. The highest BCUT2D eigenvalue weighted by Crippen LogP contribution is 2.34. The quantitative estimate of drug-likeness (QED) is 0.124. The summed E-state index contributed by atoms with van der Waals surface area (Å²) >= 11 is 0. The maximum absolute atomic E-state index is 12.9. The minimum absolute atomic E-state index is 0.0896. The van der Waals surface area contributed by atoms with Crippen LogP contribution in [0.1, 0.15) is 105 Å². The normalized spacial score (nSPS) is 11.9. The van der Waals surface area contributed by atoms with Crippen molar-refractivity contribution in [3.05, 3.63) is 82.9 Å². The van der Waals surface area contributed by atoms with Gasteiger partial charge in [-0.15, -0.1) is 0 Å². The molecule has 3 rings (SSSR count). The molecule has 0 aromatic heterocycles. The van der Waals surface area contributed by atoms with Gasteiger partial charge in [-0.05, 0) is 136 Å². The largest absolute Gasteiger partial charge is 0.514 e. The molecule has 0 bridgehead atoms. The SMILES string of the molecule is CC(C)(C)OC(=O)Oc1ccc(Cc2cc(Cc3ccc(OC(=O)OC(C)(C)C)cc3)c(OC(=O)OC(C)(C)C)cc2OC(=O)OC(C)(C)C)cc1. The van der Waals surface area contributed by atoms with Gasteiger partial charge >= 0.3 is 24.6 Å². The molecular weight excluding hydrogens is 672 g/mol. The number of hydrogen-bond donors (Lipinski definition) is 0. The van der Waals surface area contributed by atoms with Crippen molar-refractivity contribution in [2.24, 2.45) is 0 Å². The van der Waals surface area contributed by atoms with Crippen LogP contribution in [0.5, 0.6) is 23.0 Å². The average Bonchev–Trinajstić information content (AvgIpc) is 2.93. The van der Waals surface area contributed by atoms with Crippen molar-refractivity contribution in [1.82, 2.24) is 0 Å². The number of hydrogen-bond acceptors (Lipinski definition) is 12. The summed E-state index contributed by atoms with van der Waals surface area (Å²) in [5.74, 6) is 0.742. The maximum atomic E-state index is 12.9. The molecule has 3 aromatic carbocycles. The molecule has 0 heterocycles. The fourth-order valence-electron chi connectivity index (χ4n) is 4.37. The average molecular weight is 723 g/mol. The second-order valence-corrected chi connectivity index (χ2v) is 16.0. The minimum Gasteiger partial charge on any atom is -0.428 e. The molecule has 0 unspecified atom stereocenters.